The third kappa shape index (κ3) is 3.21. The van der Waals surface area contributed by atoms with E-state index in [1.165, 1.54) is 25.7 Å². The van der Waals surface area contributed by atoms with E-state index < -0.39 is 5.54 Å². The lowest BCUT2D eigenvalue weighted by atomic mass is 9.95. The molecule has 1 aromatic heterocycles. The molecule has 3 aliphatic carbocycles. The summed E-state index contributed by atoms with van der Waals surface area (Å²) in [5.41, 5.74) is 2.19. The first-order valence-electron chi connectivity index (χ1n) is 9.79. The second kappa shape index (κ2) is 6.19. The van der Waals surface area contributed by atoms with Crippen molar-refractivity contribution in [3.05, 3.63) is 23.0 Å². The fraction of sp³-hybridized carbons (Fsp3) is 0.700. The third-order valence-electron chi connectivity index (χ3n) is 6.13. The van der Waals surface area contributed by atoms with Crippen molar-refractivity contribution in [3.8, 4) is 0 Å². The first kappa shape index (κ1) is 16.7. The number of aryl methyl sites for hydroxylation is 1. The van der Waals surface area contributed by atoms with Crippen LogP contribution in [0.25, 0.3) is 0 Å². The van der Waals surface area contributed by atoms with Gasteiger partial charge in [-0.05, 0) is 64.4 Å². The smallest absolute Gasteiger partial charge is 0.253 e. The molecule has 0 unspecified atom stereocenters. The van der Waals surface area contributed by atoms with Gasteiger partial charge in [-0.15, -0.1) is 0 Å². The van der Waals surface area contributed by atoms with Crippen LogP contribution in [0.3, 0.4) is 0 Å². The summed E-state index contributed by atoms with van der Waals surface area (Å²) in [5, 5.41) is 6.21. The number of nitrogens with zero attached hydrogens (tertiary/aromatic N) is 1. The quantitative estimate of drug-likeness (QED) is 0.834. The van der Waals surface area contributed by atoms with E-state index in [1.807, 2.05) is 13.0 Å². The molecule has 1 heterocycles. The van der Waals surface area contributed by atoms with Crippen LogP contribution in [0, 0.1) is 19.8 Å². The molecular formula is C20H29N3O2. The van der Waals surface area contributed by atoms with Crippen molar-refractivity contribution in [2.75, 3.05) is 6.54 Å². The Morgan fingerprint density at radius 2 is 1.84 bits per heavy atom. The van der Waals surface area contributed by atoms with Gasteiger partial charge >= 0.3 is 0 Å². The lowest BCUT2D eigenvalue weighted by Crippen LogP contribution is -2.57. The molecule has 0 aliphatic heterocycles. The van der Waals surface area contributed by atoms with Crippen LogP contribution in [0.1, 0.15) is 79.2 Å². The van der Waals surface area contributed by atoms with E-state index in [0.29, 0.717) is 12.0 Å². The maximum atomic E-state index is 13.0. The molecule has 0 atom stereocenters. The second-order valence-corrected chi connectivity index (χ2v) is 8.28. The normalized spacial score (nSPS) is 22.0. The van der Waals surface area contributed by atoms with E-state index in [4.69, 9.17) is 0 Å². The molecule has 25 heavy (non-hydrogen) atoms. The highest BCUT2D eigenvalue weighted by Gasteiger charge is 2.43. The Morgan fingerprint density at radius 1 is 1.16 bits per heavy atom. The molecule has 0 spiro atoms. The van der Waals surface area contributed by atoms with Gasteiger partial charge in [0, 0.05) is 24.0 Å². The minimum absolute atomic E-state index is 0.0150. The number of hydrogen-bond acceptors (Lipinski definition) is 2. The molecule has 0 aromatic carbocycles. The summed E-state index contributed by atoms with van der Waals surface area (Å²) in [6.07, 6.45) is 8.32. The van der Waals surface area contributed by atoms with Gasteiger partial charge in [0.15, 0.2) is 0 Å². The number of carbonyl (C=O) groups is 2. The van der Waals surface area contributed by atoms with Gasteiger partial charge in [-0.1, -0.05) is 12.8 Å². The first-order chi connectivity index (χ1) is 12.0. The number of carbonyl (C=O) groups excluding carboxylic acids is 2. The van der Waals surface area contributed by atoms with Crippen LogP contribution < -0.4 is 10.6 Å². The first-order valence-corrected chi connectivity index (χ1v) is 9.79. The van der Waals surface area contributed by atoms with Crippen LogP contribution in [0.15, 0.2) is 6.07 Å². The Balaban J connectivity index is 1.50. The molecule has 136 valence electrons. The molecular weight excluding hydrogens is 314 g/mol. The van der Waals surface area contributed by atoms with E-state index in [9.17, 15) is 9.59 Å². The highest BCUT2D eigenvalue weighted by molar-refractivity contribution is 6.00. The van der Waals surface area contributed by atoms with E-state index in [2.05, 4.69) is 22.1 Å². The molecule has 3 fully saturated rings. The molecule has 3 aliphatic rings. The van der Waals surface area contributed by atoms with Crippen LogP contribution in [-0.4, -0.2) is 28.5 Å². The van der Waals surface area contributed by atoms with Crippen molar-refractivity contribution >= 4 is 11.8 Å². The zero-order valence-corrected chi connectivity index (χ0v) is 15.4. The fourth-order valence-electron chi connectivity index (χ4n) is 4.30. The number of aromatic nitrogens is 1. The van der Waals surface area contributed by atoms with Gasteiger partial charge in [0.25, 0.3) is 5.91 Å². The SMILES string of the molecule is Cc1cc(C(=O)NC2(C(=O)NCC3CC3)CCCC2)c(C)n1C1CC1. The van der Waals surface area contributed by atoms with Crippen LogP contribution in [-0.2, 0) is 4.79 Å². The average molecular weight is 343 g/mol. The molecule has 0 radical (unpaired) electrons. The molecule has 2 amide bonds. The van der Waals surface area contributed by atoms with Crippen LogP contribution >= 0.6 is 0 Å². The Bertz CT molecular complexity index is 692. The van der Waals surface area contributed by atoms with Crippen molar-refractivity contribution in [2.24, 2.45) is 5.92 Å². The maximum Gasteiger partial charge on any atom is 0.253 e. The van der Waals surface area contributed by atoms with Crippen LogP contribution in [0.2, 0.25) is 0 Å². The van der Waals surface area contributed by atoms with Crippen LogP contribution in [0.5, 0.6) is 0 Å². The lowest BCUT2D eigenvalue weighted by molar-refractivity contribution is -0.127. The van der Waals surface area contributed by atoms with Crippen molar-refractivity contribution < 1.29 is 9.59 Å². The van der Waals surface area contributed by atoms with Gasteiger partial charge in [-0.3, -0.25) is 9.59 Å². The summed E-state index contributed by atoms with van der Waals surface area (Å²) in [5.74, 6) is 0.570. The Labute approximate surface area is 149 Å². The van der Waals surface area contributed by atoms with E-state index in [1.54, 1.807) is 0 Å². The standard InChI is InChI=1S/C20H29N3O2/c1-13-11-17(14(2)23(13)16-7-8-16)18(24)22-20(9-3-4-10-20)19(25)21-12-15-5-6-15/h11,15-16H,3-10,12H2,1-2H3,(H,21,25)(H,22,24). The maximum absolute atomic E-state index is 13.0. The largest absolute Gasteiger partial charge is 0.354 e. The summed E-state index contributed by atoms with van der Waals surface area (Å²) >= 11 is 0. The van der Waals surface area contributed by atoms with Crippen molar-refractivity contribution in [2.45, 2.75) is 76.8 Å². The van der Waals surface area contributed by atoms with Crippen molar-refractivity contribution in [3.63, 3.8) is 0 Å². The molecule has 1 aromatic rings. The monoisotopic (exact) mass is 343 g/mol. The summed E-state index contributed by atoms with van der Waals surface area (Å²) in [6.45, 7) is 4.84. The van der Waals surface area contributed by atoms with Gasteiger partial charge in [-0.25, -0.2) is 0 Å². The minimum atomic E-state index is -0.714. The number of nitrogens with one attached hydrogen (secondary N) is 2. The predicted molar refractivity (Wildman–Crippen MR) is 96.6 cm³/mol. The average Bonchev–Trinajstić information content (AvgIpc) is 3.50. The summed E-state index contributed by atoms with van der Waals surface area (Å²) in [7, 11) is 0. The van der Waals surface area contributed by atoms with Crippen molar-refractivity contribution in [1.82, 2.24) is 15.2 Å². The number of amides is 2. The fourth-order valence-corrected chi connectivity index (χ4v) is 4.30. The highest BCUT2D eigenvalue weighted by Crippen LogP contribution is 2.38. The minimum Gasteiger partial charge on any atom is -0.354 e. The predicted octanol–water partition coefficient (Wildman–Crippen LogP) is 3.01. The van der Waals surface area contributed by atoms with E-state index in [-0.39, 0.29) is 11.8 Å². The number of hydrogen-bond donors (Lipinski definition) is 2. The lowest BCUT2D eigenvalue weighted by Gasteiger charge is -2.29. The van der Waals surface area contributed by atoms with Crippen molar-refractivity contribution in [1.29, 1.82) is 0 Å². The molecule has 5 heteroatoms. The van der Waals surface area contributed by atoms with Gasteiger partial charge in [0.05, 0.1) is 5.56 Å². The summed E-state index contributed by atoms with van der Waals surface area (Å²) < 4.78 is 2.28. The van der Waals surface area contributed by atoms with E-state index >= 15 is 0 Å². The zero-order valence-electron chi connectivity index (χ0n) is 15.4. The second-order valence-electron chi connectivity index (χ2n) is 8.28. The Hall–Kier alpha value is -1.78. The highest BCUT2D eigenvalue weighted by atomic mass is 16.2. The molecule has 4 rings (SSSR count). The molecule has 5 nitrogen and oxygen atoms in total. The summed E-state index contributed by atoms with van der Waals surface area (Å²) in [4.78, 5) is 25.8. The van der Waals surface area contributed by atoms with Crippen LogP contribution in [0.4, 0.5) is 0 Å². The number of rotatable bonds is 6. The molecule has 2 N–H and O–H groups in total. The van der Waals surface area contributed by atoms with Gasteiger partial charge in [0.1, 0.15) is 5.54 Å². The third-order valence-corrected chi connectivity index (χ3v) is 6.13. The van der Waals surface area contributed by atoms with E-state index in [0.717, 1.165) is 49.2 Å². The zero-order chi connectivity index (χ0) is 17.6. The molecule has 3 saturated carbocycles. The summed E-state index contributed by atoms with van der Waals surface area (Å²) in [6, 6.07) is 2.54. The molecule has 0 saturated heterocycles. The van der Waals surface area contributed by atoms with Gasteiger partial charge < -0.3 is 15.2 Å². The molecule has 0 bridgehead atoms. The van der Waals surface area contributed by atoms with Gasteiger partial charge in [-0.2, -0.15) is 0 Å². The Kier molecular flexibility index (Phi) is 4.13. The topological polar surface area (TPSA) is 63.1 Å². The van der Waals surface area contributed by atoms with Gasteiger partial charge in [0.2, 0.25) is 5.91 Å². The Morgan fingerprint density at radius 3 is 2.44 bits per heavy atom.